The van der Waals surface area contributed by atoms with Gasteiger partial charge in [0.05, 0.1) is 17.9 Å². The molecule has 0 saturated heterocycles. The Balaban J connectivity index is 1.39. The van der Waals surface area contributed by atoms with E-state index in [1.165, 1.54) is 16.9 Å². The maximum atomic E-state index is 13.6. The lowest BCUT2D eigenvalue weighted by atomic mass is 9.96. The average molecular weight is 430 g/mol. The van der Waals surface area contributed by atoms with Crippen LogP contribution < -0.4 is 10.1 Å². The number of hydrogen-bond donors (Lipinski definition) is 1. The van der Waals surface area contributed by atoms with Crippen molar-refractivity contribution < 1.29 is 18.3 Å². The minimum Gasteiger partial charge on any atom is -0.474 e. The van der Waals surface area contributed by atoms with E-state index in [1.807, 2.05) is 0 Å². The van der Waals surface area contributed by atoms with Crippen LogP contribution in [-0.2, 0) is 0 Å². The first-order chi connectivity index (χ1) is 15.1. The Morgan fingerprint density at radius 3 is 2.68 bits per heavy atom. The summed E-state index contributed by atoms with van der Waals surface area (Å²) in [6.07, 6.45) is 10.1. The first-order valence-corrected chi connectivity index (χ1v) is 10.8. The van der Waals surface area contributed by atoms with Gasteiger partial charge in [-0.2, -0.15) is 15.2 Å². The molecule has 2 aliphatic carbocycles. The van der Waals surface area contributed by atoms with Gasteiger partial charge in [-0.05, 0) is 32.1 Å². The zero-order chi connectivity index (χ0) is 21.4. The molecule has 3 heterocycles. The molecule has 3 aromatic heterocycles. The fourth-order valence-corrected chi connectivity index (χ4v) is 4.12. The third-order valence-electron chi connectivity index (χ3n) is 6.09. The molecule has 10 heteroatoms. The van der Waals surface area contributed by atoms with Crippen molar-refractivity contribution in [3.8, 4) is 5.88 Å². The fraction of sp³-hybridized carbons (Fsp3) is 0.524. The van der Waals surface area contributed by atoms with Gasteiger partial charge in [0, 0.05) is 18.5 Å². The van der Waals surface area contributed by atoms with Gasteiger partial charge < -0.3 is 10.1 Å². The number of carbonyl (C=O) groups is 1. The van der Waals surface area contributed by atoms with Crippen molar-refractivity contribution >= 4 is 17.2 Å². The molecule has 2 saturated carbocycles. The van der Waals surface area contributed by atoms with Gasteiger partial charge in [-0.25, -0.2) is 13.3 Å². The summed E-state index contributed by atoms with van der Waals surface area (Å²) in [4.78, 5) is 17.3. The van der Waals surface area contributed by atoms with E-state index in [0.29, 0.717) is 11.5 Å². The highest BCUT2D eigenvalue weighted by Crippen LogP contribution is 2.32. The Morgan fingerprint density at radius 1 is 1.16 bits per heavy atom. The van der Waals surface area contributed by atoms with E-state index < -0.39 is 18.0 Å². The Hall–Kier alpha value is -3.04. The number of anilines is 1. The number of amides is 1. The molecule has 164 valence electrons. The van der Waals surface area contributed by atoms with Crippen LogP contribution in [0.15, 0.2) is 24.7 Å². The van der Waals surface area contributed by atoms with E-state index in [9.17, 15) is 13.6 Å². The third-order valence-corrected chi connectivity index (χ3v) is 6.09. The van der Waals surface area contributed by atoms with Crippen molar-refractivity contribution in [2.75, 3.05) is 5.32 Å². The summed E-state index contributed by atoms with van der Waals surface area (Å²) in [5.74, 6) is -0.140. The number of fused-ring (bicyclic) bond motifs is 1. The first kappa shape index (κ1) is 19.9. The van der Waals surface area contributed by atoms with E-state index in [4.69, 9.17) is 4.74 Å². The van der Waals surface area contributed by atoms with Crippen molar-refractivity contribution in [2.24, 2.45) is 0 Å². The number of alkyl halides is 2. The summed E-state index contributed by atoms with van der Waals surface area (Å²) in [6.45, 7) is 0. The van der Waals surface area contributed by atoms with Crippen LogP contribution in [0.2, 0.25) is 0 Å². The highest BCUT2D eigenvalue weighted by molar-refractivity contribution is 6.08. The topological polar surface area (TPSA) is 86.3 Å². The lowest BCUT2D eigenvalue weighted by molar-refractivity contribution is 0.102. The minimum atomic E-state index is -2.79. The summed E-state index contributed by atoms with van der Waals surface area (Å²) in [7, 11) is 0. The highest BCUT2D eigenvalue weighted by Gasteiger charge is 2.26. The van der Waals surface area contributed by atoms with Crippen LogP contribution in [0, 0.1) is 0 Å². The zero-order valence-electron chi connectivity index (χ0n) is 17.0. The molecule has 0 atom stereocenters. The molecule has 3 aromatic rings. The predicted octanol–water partition coefficient (Wildman–Crippen LogP) is 4.55. The predicted molar refractivity (Wildman–Crippen MR) is 109 cm³/mol. The highest BCUT2D eigenvalue weighted by atomic mass is 19.3. The quantitative estimate of drug-likeness (QED) is 0.620. The van der Waals surface area contributed by atoms with Gasteiger partial charge in [-0.1, -0.05) is 19.3 Å². The Morgan fingerprint density at radius 2 is 1.97 bits per heavy atom. The van der Waals surface area contributed by atoms with Crippen LogP contribution in [0.4, 0.5) is 14.5 Å². The molecule has 0 radical (unpaired) electrons. The number of carbonyl (C=O) groups excluding carboxylic acids is 1. The molecular formula is C21H24F2N6O2. The SMILES string of the molecule is O=C(Nc1cn(C2CCCCC2)nc1C(F)F)c1cnn2ccc(OC3CCC3)nc12. The van der Waals surface area contributed by atoms with Crippen LogP contribution in [0.3, 0.4) is 0 Å². The summed E-state index contributed by atoms with van der Waals surface area (Å²) in [5.41, 5.74) is 0.0986. The number of ether oxygens (including phenoxy) is 1. The number of rotatable bonds is 6. The second-order valence-corrected chi connectivity index (χ2v) is 8.22. The molecule has 1 amide bonds. The molecule has 5 rings (SSSR count). The third kappa shape index (κ3) is 3.98. The molecule has 0 unspecified atom stereocenters. The van der Waals surface area contributed by atoms with Gasteiger partial charge >= 0.3 is 0 Å². The lowest BCUT2D eigenvalue weighted by Crippen LogP contribution is -2.25. The molecule has 2 aliphatic rings. The Bertz CT molecular complexity index is 1080. The van der Waals surface area contributed by atoms with Crippen LogP contribution in [0.5, 0.6) is 5.88 Å². The molecule has 1 N–H and O–H groups in total. The smallest absolute Gasteiger partial charge is 0.284 e. The molecule has 0 bridgehead atoms. The number of aromatic nitrogens is 5. The van der Waals surface area contributed by atoms with Crippen molar-refractivity contribution in [3.05, 3.63) is 35.9 Å². The van der Waals surface area contributed by atoms with Crippen molar-refractivity contribution in [2.45, 2.75) is 69.9 Å². The fourth-order valence-electron chi connectivity index (χ4n) is 4.12. The second-order valence-electron chi connectivity index (χ2n) is 8.22. The van der Waals surface area contributed by atoms with Gasteiger partial charge in [0.1, 0.15) is 11.7 Å². The average Bonchev–Trinajstić information content (AvgIpc) is 3.35. The van der Waals surface area contributed by atoms with Crippen LogP contribution in [-0.4, -0.2) is 36.4 Å². The Labute approximate surface area is 177 Å². The maximum absolute atomic E-state index is 13.6. The zero-order valence-corrected chi connectivity index (χ0v) is 17.0. The van der Waals surface area contributed by atoms with Gasteiger partial charge in [0.15, 0.2) is 11.3 Å². The summed E-state index contributed by atoms with van der Waals surface area (Å²) < 4.78 is 36.0. The van der Waals surface area contributed by atoms with E-state index >= 15 is 0 Å². The Kier molecular flexibility index (Phi) is 5.29. The van der Waals surface area contributed by atoms with Gasteiger partial charge in [-0.3, -0.25) is 9.48 Å². The van der Waals surface area contributed by atoms with Gasteiger partial charge in [0.2, 0.25) is 5.88 Å². The number of halogens is 2. The van der Waals surface area contributed by atoms with E-state index in [-0.39, 0.29) is 23.4 Å². The van der Waals surface area contributed by atoms with E-state index in [2.05, 4.69) is 20.5 Å². The van der Waals surface area contributed by atoms with Crippen LogP contribution >= 0.6 is 0 Å². The first-order valence-electron chi connectivity index (χ1n) is 10.8. The number of nitrogens with zero attached hydrogens (tertiary/aromatic N) is 5. The number of hydrogen-bond acceptors (Lipinski definition) is 5. The molecule has 8 nitrogen and oxygen atoms in total. The number of nitrogens with one attached hydrogen (secondary N) is 1. The summed E-state index contributed by atoms with van der Waals surface area (Å²) in [5, 5.41) is 10.8. The summed E-state index contributed by atoms with van der Waals surface area (Å²) >= 11 is 0. The monoisotopic (exact) mass is 430 g/mol. The molecule has 0 aliphatic heterocycles. The maximum Gasteiger partial charge on any atom is 0.284 e. The molecule has 31 heavy (non-hydrogen) atoms. The molecular weight excluding hydrogens is 406 g/mol. The lowest BCUT2D eigenvalue weighted by Gasteiger charge is -2.25. The van der Waals surface area contributed by atoms with Crippen LogP contribution in [0.1, 0.15) is 79.9 Å². The van der Waals surface area contributed by atoms with Gasteiger partial charge in [-0.15, -0.1) is 0 Å². The van der Waals surface area contributed by atoms with Gasteiger partial charge in [0.25, 0.3) is 12.3 Å². The largest absolute Gasteiger partial charge is 0.474 e. The van der Waals surface area contributed by atoms with E-state index in [0.717, 1.165) is 51.4 Å². The van der Waals surface area contributed by atoms with Crippen molar-refractivity contribution in [3.63, 3.8) is 0 Å². The standard InChI is InChI=1S/C21H24F2N6O2/c22-19(23)18-16(12-29(27-18)13-5-2-1-3-6-13)25-21(30)15-11-24-28-10-9-17(26-20(15)28)31-14-7-4-8-14/h9-14,19H,1-8H2,(H,25,30). The van der Waals surface area contributed by atoms with Crippen molar-refractivity contribution in [1.82, 2.24) is 24.4 Å². The van der Waals surface area contributed by atoms with Crippen LogP contribution in [0.25, 0.3) is 5.65 Å². The normalized spacial score (nSPS) is 17.8. The molecule has 0 aromatic carbocycles. The second kappa shape index (κ2) is 8.24. The van der Waals surface area contributed by atoms with E-state index in [1.54, 1.807) is 16.9 Å². The van der Waals surface area contributed by atoms with Crippen molar-refractivity contribution in [1.29, 1.82) is 0 Å². The molecule has 2 fully saturated rings. The molecule has 0 spiro atoms. The summed E-state index contributed by atoms with van der Waals surface area (Å²) in [6, 6.07) is 1.78. The minimum absolute atomic E-state index is 0.0202.